The molecular formula is C12H9NO3. The second kappa shape index (κ2) is 3.73. The number of hydrogen-bond acceptors (Lipinski definition) is 3. The van der Waals surface area contributed by atoms with Gasteiger partial charge in [-0.1, -0.05) is 18.2 Å². The van der Waals surface area contributed by atoms with E-state index in [1.807, 2.05) is 0 Å². The Morgan fingerprint density at radius 1 is 1.25 bits per heavy atom. The first-order valence-electron chi connectivity index (χ1n) is 4.81. The van der Waals surface area contributed by atoms with E-state index >= 15 is 0 Å². The van der Waals surface area contributed by atoms with Gasteiger partial charge in [0.05, 0.1) is 11.1 Å². The van der Waals surface area contributed by atoms with Crippen LogP contribution in [-0.4, -0.2) is 17.6 Å². The molecule has 2 amide bonds. The fourth-order valence-corrected chi connectivity index (χ4v) is 1.67. The van der Waals surface area contributed by atoms with Crippen molar-refractivity contribution in [1.82, 2.24) is 5.32 Å². The number of hydrogen-bond donors (Lipinski definition) is 1. The standard InChI is InChI=1S/C12H9NO3/c1-2-4-9(14)7-5-3-6-8-10(7)12(16)13-11(8)15/h2-6H,1H3,(H,13,15,16). The van der Waals surface area contributed by atoms with Crippen molar-refractivity contribution in [2.75, 3.05) is 0 Å². The van der Waals surface area contributed by atoms with Gasteiger partial charge in [0.15, 0.2) is 5.78 Å². The molecule has 1 aliphatic rings. The van der Waals surface area contributed by atoms with Crippen molar-refractivity contribution in [3.8, 4) is 0 Å². The second-order valence-electron chi connectivity index (χ2n) is 3.38. The van der Waals surface area contributed by atoms with E-state index in [0.717, 1.165) is 0 Å². The lowest BCUT2D eigenvalue weighted by Crippen LogP contribution is -2.20. The Bertz CT molecular complexity index is 529. The first-order chi connectivity index (χ1) is 7.65. The highest BCUT2D eigenvalue weighted by molar-refractivity contribution is 6.26. The Balaban J connectivity index is 2.62. The molecule has 0 aromatic heterocycles. The maximum absolute atomic E-state index is 11.7. The quantitative estimate of drug-likeness (QED) is 0.460. The first kappa shape index (κ1) is 10.3. The largest absolute Gasteiger partial charge is 0.289 e. The highest BCUT2D eigenvalue weighted by Gasteiger charge is 2.30. The van der Waals surface area contributed by atoms with E-state index in [0.29, 0.717) is 0 Å². The monoisotopic (exact) mass is 215 g/mol. The minimum Gasteiger partial charge on any atom is -0.289 e. The zero-order chi connectivity index (χ0) is 11.7. The molecule has 0 fully saturated rings. The highest BCUT2D eigenvalue weighted by Crippen LogP contribution is 2.20. The molecule has 1 aromatic carbocycles. The minimum atomic E-state index is -0.506. The molecule has 80 valence electrons. The molecule has 1 aliphatic heterocycles. The fraction of sp³-hybridized carbons (Fsp3) is 0.0833. The second-order valence-corrected chi connectivity index (χ2v) is 3.38. The van der Waals surface area contributed by atoms with Gasteiger partial charge in [0.2, 0.25) is 0 Å². The number of allylic oxidation sites excluding steroid dienone is 2. The molecule has 1 N–H and O–H groups in total. The van der Waals surface area contributed by atoms with Gasteiger partial charge in [-0.25, -0.2) is 0 Å². The Hall–Kier alpha value is -2.23. The van der Waals surface area contributed by atoms with E-state index in [2.05, 4.69) is 5.32 Å². The molecule has 0 spiro atoms. The molecule has 1 heterocycles. The van der Waals surface area contributed by atoms with Crippen LogP contribution in [0.3, 0.4) is 0 Å². The van der Waals surface area contributed by atoms with Crippen LogP contribution in [0.15, 0.2) is 30.4 Å². The van der Waals surface area contributed by atoms with Crippen LogP contribution in [0.2, 0.25) is 0 Å². The normalized spacial score (nSPS) is 14.1. The number of imide groups is 1. The number of carbonyl (C=O) groups is 3. The number of fused-ring (bicyclic) bond motifs is 1. The smallest absolute Gasteiger partial charge is 0.259 e. The molecule has 0 radical (unpaired) electrons. The van der Waals surface area contributed by atoms with Gasteiger partial charge in [-0.3, -0.25) is 19.7 Å². The summed E-state index contributed by atoms with van der Waals surface area (Å²) in [7, 11) is 0. The predicted octanol–water partition coefficient (Wildman–Crippen LogP) is 1.33. The summed E-state index contributed by atoms with van der Waals surface area (Å²) >= 11 is 0. The molecule has 2 rings (SSSR count). The fourth-order valence-electron chi connectivity index (χ4n) is 1.67. The van der Waals surface area contributed by atoms with Gasteiger partial charge in [-0.15, -0.1) is 0 Å². The van der Waals surface area contributed by atoms with Crippen molar-refractivity contribution >= 4 is 17.6 Å². The third-order valence-electron chi connectivity index (χ3n) is 2.35. The number of benzene rings is 1. The van der Waals surface area contributed by atoms with Crippen molar-refractivity contribution in [2.45, 2.75) is 6.92 Å². The van der Waals surface area contributed by atoms with Gasteiger partial charge in [-0.05, 0) is 19.1 Å². The lowest BCUT2D eigenvalue weighted by molar-refractivity contribution is 0.0876. The molecule has 16 heavy (non-hydrogen) atoms. The van der Waals surface area contributed by atoms with Gasteiger partial charge in [0.25, 0.3) is 11.8 Å². The predicted molar refractivity (Wildman–Crippen MR) is 57.4 cm³/mol. The number of ketones is 1. The van der Waals surface area contributed by atoms with E-state index in [1.54, 1.807) is 25.1 Å². The van der Waals surface area contributed by atoms with Crippen LogP contribution >= 0.6 is 0 Å². The maximum Gasteiger partial charge on any atom is 0.259 e. The molecule has 0 bridgehead atoms. The maximum atomic E-state index is 11.7. The van der Waals surface area contributed by atoms with Crippen LogP contribution in [0.5, 0.6) is 0 Å². The van der Waals surface area contributed by atoms with E-state index in [1.165, 1.54) is 12.1 Å². The van der Waals surface area contributed by atoms with Gasteiger partial charge in [0, 0.05) is 5.56 Å². The van der Waals surface area contributed by atoms with Crippen LogP contribution < -0.4 is 5.32 Å². The molecule has 4 nitrogen and oxygen atoms in total. The van der Waals surface area contributed by atoms with Crippen LogP contribution in [0.1, 0.15) is 38.0 Å². The lowest BCUT2D eigenvalue weighted by Gasteiger charge is -2.00. The third-order valence-corrected chi connectivity index (χ3v) is 2.35. The molecule has 0 unspecified atom stereocenters. The van der Waals surface area contributed by atoms with Gasteiger partial charge in [0.1, 0.15) is 0 Å². The lowest BCUT2D eigenvalue weighted by atomic mass is 9.99. The van der Waals surface area contributed by atoms with Crippen LogP contribution in [0.4, 0.5) is 0 Å². The molecule has 1 aromatic rings. The van der Waals surface area contributed by atoms with E-state index in [-0.39, 0.29) is 22.5 Å². The zero-order valence-electron chi connectivity index (χ0n) is 8.61. The van der Waals surface area contributed by atoms with Crippen molar-refractivity contribution < 1.29 is 14.4 Å². The molecule has 0 saturated carbocycles. The van der Waals surface area contributed by atoms with E-state index < -0.39 is 11.8 Å². The van der Waals surface area contributed by atoms with Gasteiger partial charge < -0.3 is 0 Å². The van der Waals surface area contributed by atoms with Crippen molar-refractivity contribution in [3.05, 3.63) is 47.0 Å². The molecule has 0 aliphatic carbocycles. The molecular weight excluding hydrogens is 206 g/mol. The average molecular weight is 215 g/mol. The summed E-state index contributed by atoms with van der Waals surface area (Å²) in [4.78, 5) is 34.5. The summed E-state index contributed by atoms with van der Waals surface area (Å²) in [5.74, 6) is -1.23. The molecule has 0 atom stereocenters. The van der Waals surface area contributed by atoms with Crippen LogP contribution in [0, 0.1) is 0 Å². The Morgan fingerprint density at radius 2 is 2.00 bits per heavy atom. The van der Waals surface area contributed by atoms with Crippen molar-refractivity contribution in [3.63, 3.8) is 0 Å². The van der Waals surface area contributed by atoms with Crippen molar-refractivity contribution in [2.24, 2.45) is 0 Å². The van der Waals surface area contributed by atoms with Crippen LogP contribution in [0.25, 0.3) is 0 Å². The topological polar surface area (TPSA) is 63.2 Å². The highest BCUT2D eigenvalue weighted by atomic mass is 16.2. The first-order valence-corrected chi connectivity index (χ1v) is 4.81. The average Bonchev–Trinajstić information content (AvgIpc) is 2.55. The number of amides is 2. The summed E-state index contributed by atoms with van der Waals surface area (Å²) < 4.78 is 0. The van der Waals surface area contributed by atoms with E-state index in [4.69, 9.17) is 0 Å². The minimum absolute atomic E-state index is 0.176. The summed E-state index contributed by atoms with van der Waals surface area (Å²) in [6.45, 7) is 1.71. The Kier molecular flexibility index (Phi) is 2.40. The number of nitrogens with one attached hydrogen (secondary N) is 1. The third kappa shape index (κ3) is 1.44. The van der Waals surface area contributed by atoms with E-state index in [9.17, 15) is 14.4 Å². The summed E-state index contributed by atoms with van der Waals surface area (Å²) in [6, 6.07) is 4.66. The van der Waals surface area contributed by atoms with Crippen LogP contribution in [-0.2, 0) is 0 Å². The van der Waals surface area contributed by atoms with Gasteiger partial charge >= 0.3 is 0 Å². The zero-order valence-corrected chi connectivity index (χ0v) is 8.61. The van der Waals surface area contributed by atoms with Crippen molar-refractivity contribution in [1.29, 1.82) is 0 Å². The summed E-state index contributed by atoms with van der Waals surface area (Å²) in [5.41, 5.74) is 0.704. The summed E-state index contributed by atoms with van der Waals surface area (Å²) in [5, 5.41) is 2.17. The molecule has 0 saturated heterocycles. The number of carbonyl (C=O) groups excluding carboxylic acids is 3. The molecule has 4 heteroatoms. The summed E-state index contributed by atoms with van der Waals surface area (Å²) in [6.07, 6.45) is 2.96. The van der Waals surface area contributed by atoms with Gasteiger partial charge in [-0.2, -0.15) is 0 Å². The number of rotatable bonds is 2. The SMILES string of the molecule is CC=CC(=O)c1cccc2c1C(=O)NC2=O. The Morgan fingerprint density at radius 3 is 2.69 bits per heavy atom. The Labute approximate surface area is 92.0 Å².